The topological polar surface area (TPSA) is 84.1 Å². The zero-order valence-electron chi connectivity index (χ0n) is 14.9. The Bertz CT molecular complexity index is 972. The van der Waals surface area contributed by atoms with Gasteiger partial charge in [0.25, 0.3) is 5.56 Å². The fraction of sp³-hybridized carbons (Fsp3) is 0.150. The van der Waals surface area contributed by atoms with Crippen molar-refractivity contribution in [2.45, 2.75) is 24.3 Å². The zero-order valence-corrected chi connectivity index (χ0v) is 15.7. The van der Waals surface area contributed by atoms with Crippen LogP contribution in [0.5, 0.6) is 11.5 Å². The number of rotatable bonds is 6. The van der Waals surface area contributed by atoms with Gasteiger partial charge in [0.1, 0.15) is 11.5 Å². The lowest BCUT2D eigenvalue weighted by molar-refractivity contribution is -0.115. The molecule has 1 amide bonds. The van der Waals surface area contributed by atoms with Gasteiger partial charge >= 0.3 is 0 Å². The van der Waals surface area contributed by atoms with Crippen LogP contribution in [0.1, 0.15) is 12.6 Å². The van der Waals surface area contributed by atoms with E-state index in [-0.39, 0.29) is 11.5 Å². The van der Waals surface area contributed by atoms with Gasteiger partial charge in [-0.1, -0.05) is 30.0 Å². The third kappa shape index (κ3) is 5.46. The number of benzene rings is 2. The van der Waals surface area contributed by atoms with Crippen molar-refractivity contribution in [2.75, 3.05) is 5.32 Å². The van der Waals surface area contributed by atoms with Gasteiger partial charge in [-0.2, -0.15) is 0 Å². The van der Waals surface area contributed by atoms with Crippen LogP contribution >= 0.6 is 11.8 Å². The van der Waals surface area contributed by atoms with E-state index < -0.39 is 5.25 Å². The number of carbonyl (C=O) groups is 1. The van der Waals surface area contributed by atoms with Crippen LogP contribution < -0.4 is 15.6 Å². The molecule has 0 aliphatic heterocycles. The van der Waals surface area contributed by atoms with E-state index >= 15 is 0 Å². The number of thioether (sulfide) groups is 1. The Kier molecular flexibility index (Phi) is 5.93. The van der Waals surface area contributed by atoms with Gasteiger partial charge in [0, 0.05) is 17.4 Å². The van der Waals surface area contributed by atoms with Crippen molar-refractivity contribution in [2.24, 2.45) is 0 Å². The standard InChI is InChI=1S/C20H19N3O3S/c1-13-12-18(24)23-20(21-13)27-14(2)19(25)22-15-8-10-17(11-9-15)26-16-6-4-3-5-7-16/h3-12,14H,1-2H3,(H,22,25)(H,21,23,24)/t14-/m1/s1. The average molecular weight is 381 g/mol. The Balaban J connectivity index is 1.59. The van der Waals surface area contributed by atoms with E-state index in [1.807, 2.05) is 30.3 Å². The molecule has 0 unspecified atom stereocenters. The molecule has 3 aromatic rings. The molecule has 1 heterocycles. The number of hydrogen-bond acceptors (Lipinski definition) is 5. The van der Waals surface area contributed by atoms with Crippen LogP contribution in [-0.2, 0) is 4.79 Å². The third-order valence-electron chi connectivity index (χ3n) is 3.61. The van der Waals surface area contributed by atoms with Crippen molar-refractivity contribution >= 4 is 23.4 Å². The lowest BCUT2D eigenvalue weighted by Gasteiger charge is -2.12. The van der Waals surface area contributed by atoms with Gasteiger partial charge in [-0.25, -0.2) is 4.98 Å². The van der Waals surface area contributed by atoms with Crippen molar-refractivity contribution in [1.29, 1.82) is 0 Å². The first kappa shape index (κ1) is 18.7. The van der Waals surface area contributed by atoms with Crippen LogP contribution in [-0.4, -0.2) is 21.1 Å². The Hall–Kier alpha value is -3.06. The average Bonchev–Trinajstić information content (AvgIpc) is 2.63. The summed E-state index contributed by atoms with van der Waals surface area (Å²) >= 11 is 1.20. The summed E-state index contributed by atoms with van der Waals surface area (Å²) in [6.07, 6.45) is 0. The molecule has 0 aliphatic rings. The summed E-state index contributed by atoms with van der Waals surface area (Å²) in [5.41, 5.74) is 1.05. The SMILES string of the molecule is Cc1cc(=O)[nH]c(S[C@H](C)C(=O)Nc2ccc(Oc3ccccc3)cc2)n1. The number of anilines is 1. The highest BCUT2D eigenvalue weighted by molar-refractivity contribution is 8.00. The summed E-state index contributed by atoms with van der Waals surface area (Å²) in [6, 6.07) is 18.0. The number of ether oxygens (including phenoxy) is 1. The summed E-state index contributed by atoms with van der Waals surface area (Å²) in [5.74, 6) is 1.25. The van der Waals surface area contributed by atoms with Crippen molar-refractivity contribution in [3.63, 3.8) is 0 Å². The molecule has 0 fully saturated rings. The normalized spacial score (nSPS) is 11.6. The fourth-order valence-electron chi connectivity index (χ4n) is 2.30. The number of carbonyl (C=O) groups excluding carboxylic acids is 1. The monoisotopic (exact) mass is 381 g/mol. The van der Waals surface area contributed by atoms with Gasteiger partial charge in [0.05, 0.1) is 5.25 Å². The van der Waals surface area contributed by atoms with E-state index in [0.717, 1.165) is 5.75 Å². The number of aryl methyl sites for hydroxylation is 1. The minimum atomic E-state index is -0.421. The molecule has 0 aliphatic carbocycles. The predicted octanol–water partition coefficient (Wildman–Crippen LogP) is 3.99. The molecule has 0 bridgehead atoms. The molecule has 1 atom stereocenters. The van der Waals surface area contributed by atoms with Gasteiger partial charge in [-0.05, 0) is 50.2 Å². The molecule has 2 aromatic carbocycles. The number of nitrogens with zero attached hydrogens (tertiary/aromatic N) is 1. The molecule has 1 aromatic heterocycles. The van der Waals surface area contributed by atoms with Crippen molar-refractivity contribution in [3.05, 3.63) is 76.7 Å². The number of aromatic nitrogens is 2. The molecule has 0 saturated carbocycles. The van der Waals surface area contributed by atoms with E-state index in [2.05, 4.69) is 15.3 Å². The van der Waals surface area contributed by atoms with Gasteiger partial charge in [0.15, 0.2) is 5.16 Å². The maximum atomic E-state index is 12.4. The maximum Gasteiger partial charge on any atom is 0.251 e. The number of aromatic amines is 1. The third-order valence-corrected chi connectivity index (χ3v) is 4.59. The zero-order chi connectivity index (χ0) is 19.2. The van der Waals surface area contributed by atoms with Crippen LogP contribution in [0.2, 0.25) is 0 Å². The van der Waals surface area contributed by atoms with Gasteiger partial charge in [0.2, 0.25) is 5.91 Å². The highest BCUT2D eigenvalue weighted by Crippen LogP contribution is 2.24. The molecule has 6 nitrogen and oxygen atoms in total. The summed E-state index contributed by atoms with van der Waals surface area (Å²) in [4.78, 5) is 30.7. The molecule has 27 heavy (non-hydrogen) atoms. The molecule has 2 N–H and O–H groups in total. The minimum Gasteiger partial charge on any atom is -0.457 e. The first-order valence-corrected chi connectivity index (χ1v) is 9.26. The first-order valence-electron chi connectivity index (χ1n) is 8.38. The van der Waals surface area contributed by atoms with Crippen molar-refractivity contribution in [3.8, 4) is 11.5 Å². The van der Waals surface area contributed by atoms with Crippen LogP contribution in [0.4, 0.5) is 5.69 Å². The molecule has 0 saturated heterocycles. The highest BCUT2D eigenvalue weighted by Gasteiger charge is 2.16. The van der Waals surface area contributed by atoms with E-state index in [0.29, 0.717) is 22.3 Å². The summed E-state index contributed by atoms with van der Waals surface area (Å²) in [7, 11) is 0. The number of amides is 1. The Morgan fingerprint density at radius 3 is 2.44 bits per heavy atom. The van der Waals surface area contributed by atoms with Gasteiger partial charge < -0.3 is 15.0 Å². The second kappa shape index (κ2) is 8.55. The summed E-state index contributed by atoms with van der Waals surface area (Å²) in [5, 5.41) is 2.85. The summed E-state index contributed by atoms with van der Waals surface area (Å²) in [6.45, 7) is 3.50. The van der Waals surface area contributed by atoms with Crippen molar-refractivity contribution in [1.82, 2.24) is 9.97 Å². The van der Waals surface area contributed by atoms with Crippen LogP contribution in [0.3, 0.4) is 0 Å². The second-order valence-corrected chi connectivity index (χ2v) is 7.21. The van der Waals surface area contributed by atoms with Gasteiger partial charge in [-0.15, -0.1) is 0 Å². The lowest BCUT2D eigenvalue weighted by atomic mass is 10.3. The largest absolute Gasteiger partial charge is 0.457 e. The van der Waals surface area contributed by atoms with Crippen LogP contribution in [0, 0.1) is 6.92 Å². The maximum absolute atomic E-state index is 12.4. The van der Waals surface area contributed by atoms with Crippen molar-refractivity contribution < 1.29 is 9.53 Å². The molecular weight excluding hydrogens is 362 g/mol. The highest BCUT2D eigenvalue weighted by atomic mass is 32.2. The Morgan fingerprint density at radius 2 is 1.78 bits per heavy atom. The molecule has 138 valence electrons. The number of H-pyrrole nitrogens is 1. The number of hydrogen-bond donors (Lipinski definition) is 2. The lowest BCUT2D eigenvalue weighted by Crippen LogP contribution is -2.23. The van der Waals surface area contributed by atoms with E-state index in [4.69, 9.17) is 4.74 Å². The second-order valence-electron chi connectivity index (χ2n) is 5.88. The number of para-hydroxylation sites is 1. The van der Waals surface area contributed by atoms with Crippen LogP contribution in [0.15, 0.2) is 70.6 Å². The van der Waals surface area contributed by atoms with E-state index in [1.165, 1.54) is 17.8 Å². The minimum absolute atomic E-state index is 0.180. The van der Waals surface area contributed by atoms with E-state index in [9.17, 15) is 9.59 Å². The van der Waals surface area contributed by atoms with Gasteiger partial charge in [-0.3, -0.25) is 9.59 Å². The first-order chi connectivity index (χ1) is 13.0. The molecular formula is C20H19N3O3S. The smallest absolute Gasteiger partial charge is 0.251 e. The molecule has 0 radical (unpaired) electrons. The summed E-state index contributed by atoms with van der Waals surface area (Å²) < 4.78 is 5.73. The predicted molar refractivity (Wildman–Crippen MR) is 107 cm³/mol. The van der Waals surface area contributed by atoms with E-state index in [1.54, 1.807) is 38.1 Å². The fourth-order valence-corrected chi connectivity index (χ4v) is 3.16. The number of nitrogens with one attached hydrogen (secondary N) is 2. The molecule has 0 spiro atoms. The Labute approximate surface area is 161 Å². The Morgan fingerprint density at radius 1 is 1.11 bits per heavy atom. The van der Waals surface area contributed by atoms with Crippen LogP contribution in [0.25, 0.3) is 0 Å². The molecule has 7 heteroatoms. The molecule has 3 rings (SSSR count). The quantitative estimate of drug-likeness (QED) is 0.498.